The van der Waals surface area contributed by atoms with Crippen molar-refractivity contribution in [2.75, 3.05) is 19.3 Å². The van der Waals surface area contributed by atoms with Crippen molar-refractivity contribution in [1.29, 1.82) is 0 Å². The normalized spacial score (nSPS) is 21.0. The second kappa shape index (κ2) is 6.02. The van der Waals surface area contributed by atoms with Crippen molar-refractivity contribution >= 4 is 10.0 Å². The fourth-order valence-corrected chi connectivity index (χ4v) is 3.32. The summed E-state index contributed by atoms with van der Waals surface area (Å²) in [7, 11) is -3.18. The first-order chi connectivity index (χ1) is 9.32. The zero-order valence-corrected chi connectivity index (χ0v) is 12.5. The summed E-state index contributed by atoms with van der Waals surface area (Å²) in [6.07, 6.45) is 2.93. The van der Waals surface area contributed by atoms with Crippen molar-refractivity contribution in [2.45, 2.75) is 32.4 Å². The van der Waals surface area contributed by atoms with E-state index in [1.54, 1.807) is 6.92 Å². The molecule has 1 aliphatic heterocycles. The van der Waals surface area contributed by atoms with Gasteiger partial charge in [0.15, 0.2) is 0 Å². The highest BCUT2D eigenvalue weighted by atomic mass is 32.2. The largest absolute Gasteiger partial charge is 0.309 e. The van der Waals surface area contributed by atoms with Crippen LogP contribution in [-0.4, -0.2) is 48.7 Å². The van der Waals surface area contributed by atoms with E-state index in [4.69, 9.17) is 0 Å². The molecule has 0 amide bonds. The van der Waals surface area contributed by atoms with Crippen LogP contribution in [0.3, 0.4) is 0 Å². The van der Waals surface area contributed by atoms with Crippen LogP contribution in [0.2, 0.25) is 0 Å². The average Bonchev–Trinajstić information content (AvgIpc) is 2.25. The Balaban J connectivity index is 2.00. The molecule has 0 saturated carbocycles. The zero-order chi connectivity index (χ0) is 14.8. The van der Waals surface area contributed by atoms with E-state index in [2.05, 4.69) is 19.6 Å². The third kappa shape index (κ3) is 4.69. The van der Waals surface area contributed by atoms with Crippen molar-refractivity contribution in [3.63, 3.8) is 0 Å². The monoisotopic (exact) mass is 300 g/mol. The van der Waals surface area contributed by atoms with E-state index in [9.17, 15) is 13.2 Å². The topological polar surface area (TPSA) is 95.2 Å². The van der Waals surface area contributed by atoms with Crippen molar-refractivity contribution < 1.29 is 8.42 Å². The lowest BCUT2D eigenvalue weighted by molar-refractivity contribution is 0.190. The van der Waals surface area contributed by atoms with E-state index in [1.165, 1.54) is 12.3 Å². The van der Waals surface area contributed by atoms with E-state index in [1.807, 2.05) is 0 Å². The molecule has 1 saturated heterocycles. The lowest BCUT2D eigenvalue weighted by Crippen LogP contribution is -2.47. The Bertz CT molecular complexity index is 626. The smallest absolute Gasteiger partial charge is 0.251 e. The van der Waals surface area contributed by atoms with Gasteiger partial charge in [-0.2, -0.15) is 0 Å². The van der Waals surface area contributed by atoms with E-state index in [0.717, 1.165) is 19.4 Å². The van der Waals surface area contributed by atoms with Crippen molar-refractivity contribution in [3.8, 4) is 0 Å². The number of aromatic amines is 1. The van der Waals surface area contributed by atoms with Gasteiger partial charge in [0.2, 0.25) is 10.0 Å². The van der Waals surface area contributed by atoms with Gasteiger partial charge in [0.25, 0.3) is 5.56 Å². The standard InChI is InChI=1S/C12H20N4O3S/c1-9-6-12(17)14-11(13-9)8-16-5-3-4-10(7-16)15-20(2,18)19/h6,10,15H,3-5,7-8H2,1-2H3,(H,13,14,17)/t10-/m1/s1. The highest BCUT2D eigenvalue weighted by Gasteiger charge is 2.22. The molecular weight excluding hydrogens is 280 g/mol. The lowest BCUT2D eigenvalue weighted by atomic mass is 10.1. The number of piperidine rings is 1. The third-order valence-corrected chi connectivity index (χ3v) is 3.94. The number of aromatic nitrogens is 2. The van der Waals surface area contributed by atoms with Crippen molar-refractivity contribution in [3.05, 3.63) is 27.9 Å². The van der Waals surface area contributed by atoms with Crippen LogP contribution in [0.5, 0.6) is 0 Å². The number of nitrogens with zero attached hydrogens (tertiary/aromatic N) is 2. The van der Waals surface area contributed by atoms with Crippen molar-refractivity contribution in [1.82, 2.24) is 19.6 Å². The van der Waals surface area contributed by atoms with Crippen LogP contribution in [0.25, 0.3) is 0 Å². The minimum absolute atomic E-state index is 0.0738. The second-order valence-corrected chi connectivity index (χ2v) is 7.08. The molecule has 7 nitrogen and oxygen atoms in total. The molecule has 1 atom stereocenters. The van der Waals surface area contributed by atoms with Gasteiger partial charge in [-0.25, -0.2) is 18.1 Å². The highest BCUT2D eigenvalue weighted by molar-refractivity contribution is 7.88. The molecule has 2 rings (SSSR count). The summed E-state index contributed by atoms with van der Waals surface area (Å²) in [5.41, 5.74) is 0.530. The van der Waals surface area contributed by atoms with Gasteiger partial charge in [-0.1, -0.05) is 0 Å². The third-order valence-electron chi connectivity index (χ3n) is 3.18. The van der Waals surface area contributed by atoms with Gasteiger partial charge in [0.05, 0.1) is 12.8 Å². The van der Waals surface area contributed by atoms with Gasteiger partial charge in [-0.15, -0.1) is 0 Å². The Morgan fingerprint density at radius 1 is 1.55 bits per heavy atom. The first kappa shape index (κ1) is 15.1. The van der Waals surface area contributed by atoms with Gasteiger partial charge in [0, 0.05) is 24.3 Å². The first-order valence-electron chi connectivity index (χ1n) is 6.58. The molecule has 0 unspecified atom stereocenters. The van der Waals surface area contributed by atoms with Crippen LogP contribution in [0.1, 0.15) is 24.4 Å². The quantitative estimate of drug-likeness (QED) is 0.788. The Labute approximate surface area is 118 Å². The summed E-state index contributed by atoms with van der Waals surface area (Å²) < 4.78 is 25.2. The van der Waals surface area contributed by atoms with Gasteiger partial charge < -0.3 is 4.98 Å². The summed E-state index contributed by atoms with van der Waals surface area (Å²) in [6.45, 7) is 3.81. The van der Waals surface area contributed by atoms with E-state index in [-0.39, 0.29) is 11.6 Å². The number of nitrogens with one attached hydrogen (secondary N) is 2. The Kier molecular flexibility index (Phi) is 4.56. The number of rotatable bonds is 4. The molecule has 1 aromatic heterocycles. The SMILES string of the molecule is Cc1cc(=O)[nH]c(CN2CCC[C@@H](NS(C)(=O)=O)C2)n1. The minimum atomic E-state index is -3.18. The molecule has 0 radical (unpaired) electrons. The average molecular weight is 300 g/mol. The second-order valence-electron chi connectivity index (χ2n) is 5.30. The number of sulfonamides is 1. The van der Waals surface area contributed by atoms with Gasteiger partial charge in [-0.05, 0) is 26.3 Å². The predicted molar refractivity (Wildman–Crippen MR) is 75.9 cm³/mol. The first-order valence-corrected chi connectivity index (χ1v) is 8.47. The van der Waals surface area contributed by atoms with Crippen LogP contribution in [0.4, 0.5) is 0 Å². The van der Waals surface area contributed by atoms with Crippen LogP contribution in [0, 0.1) is 6.92 Å². The molecule has 2 N–H and O–H groups in total. The fourth-order valence-electron chi connectivity index (χ4n) is 2.53. The summed E-state index contributed by atoms with van der Waals surface area (Å²) >= 11 is 0. The minimum Gasteiger partial charge on any atom is -0.309 e. The molecule has 112 valence electrons. The molecule has 8 heteroatoms. The molecule has 0 spiro atoms. The summed E-state index contributed by atoms with van der Waals surface area (Å²) in [5.74, 6) is 0.620. The predicted octanol–water partition coefficient (Wildman–Crippen LogP) is -0.408. The summed E-state index contributed by atoms with van der Waals surface area (Å²) in [6, 6.07) is 1.38. The Morgan fingerprint density at radius 3 is 2.95 bits per heavy atom. The molecule has 20 heavy (non-hydrogen) atoms. The van der Waals surface area contributed by atoms with E-state index < -0.39 is 10.0 Å². The number of aryl methyl sites for hydroxylation is 1. The molecule has 0 aliphatic carbocycles. The zero-order valence-electron chi connectivity index (χ0n) is 11.7. The molecular formula is C12H20N4O3S. The lowest BCUT2D eigenvalue weighted by Gasteiger charge is -2.32. The number of hydrogen-bond acceptors (Lipinski definition) is 5. The number of hydrogen-bond donors (Lipinski definition) is 2. The molecule has 1 fully saturated rings. The van der Waals surface area contributed by atoms with E-state index >= 15 is 0 Å². The summed E-state index contributed by atoms with van der Waals surface area (Å²) in [5, 5.41) is 0. The number of likely N-dealkylation sites (tertiary alicyclic amines) is 1. The van der Waals surface area contributed by atoms with Gasteiger partial charge in [0.1, 0.15) is 5.82 Å². The molecule has 1 aromatic rings. The molecule has 0 bridgehead atoms. The molecule has 1 aliphatic rings. The highest BCUT2D eigenvalue weighted by Crippen LogP contribution is 2.12. The Hall–Kier alpha value is -1.25. The molecule has 0 aromatic carbocycles. The van der Waals surface area contributed by atoms with Gasteiger partial charge in [-0.3, -0.25) is 9.69 Å². The van der Waals surface area contributed by atoms with Crippen molar-refractivity contribution in [2.24, 2.45) is 0 Å². The maximum Gasteiger partial charge on any atom is 0.251 e. The maximum atomic E-state index is 11.4. The fraction of sp³-hybridized carbons (Fsp3) is 0.667. The maximum absolute atomic E-state index is 11.4. The van der Waals surface area contributed by atoms with Crippen LogP contribution >= 0.6 is 0 Å². The van der Waals surface area contributed by atoms with Crippen LogP contribution in [-0.2, 0) is 16.6 Å². The van der Waals surface area contributed by atoms with Crippen LogP contribution in [0.15, 0.2) is 10.9 Å². The van der Waals surface area contributed by atoms with E-state index in [0.29, 0.717) is 24.6 Å². The molecule has 2 heterocycles. The van der Waals surface area contributed by atoms with Crippen LogP contribution < -0.4 is 10.3 Å². The van der Waals surface area contributed by atoms with Gasteiger partial charge >= 0.3 is 0 Å². The summed E-state index contributed by atoms with van der Waals surface area (Å²) in [4.78, 5) is 20.5. The Morgan fingerprint density at radius 2 is 2.30 bits per heavy atom. The number of H-pyrrole nitrogens is 1.